The number of hydrogen-bond acceptors (Lipinski definition) is 4. The highest BCUT2D eigenvalue weighted by Gasteiger charge is 2.29. The number of hydrogen-bond donors (Lipinski definition) is 1. The molecule has 0 saturated heterocycles. The van der Waals surface area contributed by atoms with Gasteiger partial charge in [-0.3, -0.25) is 0 Å². The van der Waals surface area contributed by atoms with Crippen LogP contribution in [0.4, 0.5) is 5.69 Å². The Morgan fingerprint density at radius 3 is 1.92 bits per heavy atom. The van der Waals surface area contributed by atoms with Crippen molar-refractivity contribution in [1.29, 1.82) is 0 Å². The third-order valence-corrected chi connectivity index (χ3v) is 14.4. The van der Waals surface area contributed by atoms with Crippen LogP contribution in [0.5, 0.6) is 0 Å². The van der Waals surface area contributed by atoms with Gasteiger partial charge in [0.1, 0.15) is 17.0 Å². The van der Waals surface area contributed by atoms with Gasteiger partial charge in [-0.25, -0.2) is 4.99 Å². The third-order valence-electron chi connectivity index (χ3n) is 13.2. The van der Waals surface area contributed by atoms with Gasteiger partial charge in [-0.2, -0.15) is 0 Å². The highest BCUT2D eigenvalue weighted by molar-refractivity contribution is 7.19. The summed E-state index contributed by atoms with van der Waals surface area (Å²) in [5.74, 6) is 0.839. The summed E-state index contributed by atoms with van der Waals surface area (Å²) in [5.41, 5.74) is 14.1. The average molecular weight is 837 g/mol. The van der Waals surface area contributed by atoms with Crippen LogP contribution in [-0.4, -0.2) is 15.0 Å². The van der Waals surface area contributed by atoms with Crippen molar-refractivity contribution in [1.82, 2.24) is 14.5 Å². The Bertz CT molecular complexity index is 4060. The van der Waals surface area contributed by atoms with E-state index in [2.05, 4.69) is 221 Å². The van der Waals surface area contributed by atoms with Gasteiger partial charge in [0.05, 0.1) is 49.7 Å². The molecule has 1 N–H and O–H groups in total. The van der Waals surface area contributed by atoms with E-state index in [1.807, 2.05) is 11.3 Å². The second-order valence-corrected chi connectivity index (χ2v) is 17.8. The summed E-state index contributed by atoms with van der Waals surface area (Å²) in [6.07, 6.45) is 0. The summed E-state index contributed by atoms with van der Waals surface area (Å²) in [6, 6.07) is 74.0. The fourth-order valence-corrected chi connectivity index (χ4v) is 11.6. The fraction of sp³-hybridized carbons (Fsp3) is 0.0172. The van der Waals surface area contributed by atoms with Crippen molar-refractivity contribution < 1.29 is 4.42 Å². The van der Waals surface area contributed by atoms with Gasteiger partial charge in [-0.1, -0.05) is 140 Å². The monoisotopic (exact) mass is 836 g/mol. The van der Waals surface area contributed by atoms with E-state index in [0.717, 1.165) is 61.4 Å². The van der Waals surface area contributed by atoms with E-state index in [0.29, 0.717) is 0 Å². The predicted molar refractivity (Wildman–Crippen MR) is 267 cm³/mol. The van der Waals surface area contributed by atoms with E-state index < -0.39 is 0 Å². The van der Waals surface area contributed by atoms with E-state index in [4.69, 9.17) is 9.41 Å². The first-order chi connectivity index (χ1) is 31.7. The molecular formula is C58H36N4OS. The zero-order valence-electron chi connectivity index (χ0n) is 34.4. The minimum absolute atomic E-state index is 0.0905. The topological polar surface area (TPSA) is 47.4 Å². The predicted octanol–water partition coefficient (Wildman–Crippen LogP) is 15.4. The Labute approximate surface area is 371 Å². The van der Waals surface area contributed by atoms with Gasteiger partial charge in [-0.15, -0.1) is 11.3 Å². The lowest BCUT2D eigenvalue weighted by atomic mass is 9.96. The van der Waals surface area contributed by atoms with Gasteiger partial charge in [0.2, 0.25) is 0 Å². The summed E-state index contributed by atoms with van der Waals surface area (Å²) in [7, 11) is 0. The van der Waals surface area contributed by atoms with E-state index in [1.165, 1.54) is 64.2 Å². The maximum atomic E-state index is 6.76. The molecule has 0 radical (unpaired) electrons. The lowest BCUT2D eigenvalue weighted by Gasteiger charge is -2.26. The number of nitrogens with zero attached hydrogens (tertiary/aromatic N) is 3. The second kappa shape index (κ2) is 13.7. The van der Waals surface area contributed by atoms with Crippen LogP contribution in [0.15, 0.2) is 216 Å². The van der Waals surface area contributed by atoms with Gasteiger partial charge in [0.25, 0.3) is 0 Å². The standard InChI is InChI=1S/C58H36N4OS/c1-3-15-35(16-4-1)36-17-13-18-37(33-36)53-57-54(44-23-9-12-28-51(44)64-57)60-58(59-53)38-29-32-49-45(34-38)52-48(26-14-27-50(52)63-49)62-47-25-11-8-22-41(47)43-31-30-42-40-21-7-10-24-46(40)61(55(42)56(43)62)39-19-5-2-6-20-39/h1-34,53H,(H,59,60). The Kier molecular flexibility index (Phi) is 7.55. The smallest absolute Gasteiger partial charge is 0.137 e. The van der Waals surface area contributed by atoms with Crippen LogP contribution < -0.4 is 5.32 Å². The summed E-state index contributed by atoms with van der Waals surface area (Å²) in [4.78, 5) is 6.68. The molecule has 0 spiro atoms. The highest BCUT2D eigenvalue weighted by Crippen LogP contribution is 2.47. The van der Waals surface area contributed by atoms with Gasteiger partial charge in [0.15, 0.2) is 0 Å². The number of aromatic nitrogens is 2. The van der Waals surface area contributed by atoms with Crippen molar-refractivity contribution in [2.75, 3.05) is 0 Å². The van der Waals surface area contributed by atoms with Crippen LogP contribution in [0, 0.1) is 0 Å². The number of thiophene rings is 1. The largest absolute Gasteiger partial charge is 0.456 e. The molecule has 300 valence electrons. The maximum absolute atomic E-state index is 6.76. The zero-order chi connectivity index (χ0) is 41.9. The number of rotatable bonds is 5. The maximum Gasteiger partial charge on any atom is 0.137 e. The fourth-order valence-electron chi connectivity index (χ4n) is 10.4. The molecule has 1 atom stereocenters. The first kappa shape index (κ1) is 35.4. The summed E-state index contributed by atoms with van der Waals surface area (Å²) in [6.45, 7) is 0. The molecule has 6 heteroatoms. The minimum Gasteiger partial charge on any atom is -0.456 e. The molecule has 13 aromatic rings. The number of furan rings is 1. The molecule has 0 aliphatic carbocycles. The Balaban J connectivity index is 1.01. The molecule has 4 aromatic heterocycles. The van der Waals surface area contributed by atoms with E-state index in [9.17, 15) is 0 Å². The molecule has 0 saturated carbocycles. The SMILES string of the molecule is c1ccc(-c2cccc(C3NC(c4ccc5oc6cccc(-n7c8ccccc8c8ccc9c%10ccccc%10n(-c%10ccccc%10)c9c87)c6c5c4)=Nc4c3sc3ccccc43)c2)cc1. The van der Waals surface area contributed by atoms with Crippen molar-refractivity contribution in [3.63, 3.8) is 0 Å². The van der Waals surface area contributed by atoms with E-state index in [1.54, 1.807) is 0 Å². The number of aliphatic imine (C=N–C) groups is 1. The minimum atomic E-state index is -0.0905. The van der Waals surface area contributed by atoms with Crippen molar-refractivity contribution in [3.05, 3.63) is 222 Å². The number of benzene rings is 9. The van der Waals surface area contributed by atoms with Crippen molar-refractivity contribution in [2.45, 2.75) is 6.04 Å². The van der Waals surface area contributed by atoms with Gasteiger partial charge in [0, 0.05) is 48.3 Å². The quantitative estimate of drug-likeness (QED) is 0.188. The summed E-state index contributed by atoms with van der Waals surface area (Å²) >= 11 is 1.82. The number of nitrogens with one attached hydrogen (secondary N) is 1. The second-order valence-electron chi connectivity index (χ2n) is 16.7. The number of amidine groups is 1. The molecule has 14 rings (SSSR count). The number of para-hydroxylation sites is 3. The normalized spacial score (nSPS) is 14.0. The van der Waals surface area contributed by atoms with E-state index in [-0.39, 0.29) is 6.04 Å². The van der Waals surface area contributed by atoms with Crippen LogP contribution in [0.3, 0.4) is 0 Å². The van der Waals surface area contributed by atoms with Crippen LogP contribution in [0.25, 0.3) is 98.1 Å². The van der Waals surface area contributed by atoms with Crippen LogP contribution in [0.1, 0.15) is 22.0 Å². The highest BCUT2D eigenvalue weighted by atomic mass is 32.1. The van der Waals surface area contributed by atoms with Crippen molar-refractivity contribution in [3.8, 4) is 22.5 Å². The zero-order valence-corrected chi connectivity index (χ0v) is 35.2. The molecule has 5 heterocycles. The molecule has 1 aliphatic rings. The van der Waals surface area contributed by atoms with Crippen LogP contribution in [0.2, 0.25) is 0 Å². The van der Waals surface area contributed by atoms with Gasteiger partial charge in [-0.05, 0) is 83.4 Å². The van der Waals surface area contributed by atoms with Crippen LogP contribution in [-0.2, 0) is 0 Å². The molecule has 0 fully saturated rings. The molecule has 0 amide bonds. The summed E-state index contributed by atoms with van der Waals surface area (Å²) < 4.78 is 12.9. The molecule has 5 nitrogen and oxygen atoms in total. The Morgan fingerprint density at radius 1 is 0.469 bits per heavy atom. The molecule has 0 bridgehead atoms. The molecular weight excluding hydrogens is 801 g/mol. The molecule has 1 unspecified atom stereocenters. The van der Waals surface area contributed by atoms with Gasteiger partial charge >= 0.3 is 0 Å². The Hall–Kier alpha value is -8.19. The summed E-state index contributed by atoms with van der Waals surface area (Å²) in [5, 5.41) is 12.1. The van der Waals surface area contributed by atoms with Gasteiger partial charge < -0.3 is 18.9 Å². The lowest BCUT2D eigenvalue weighted by Crippen LogP contribution is -2.32. The Morgan fingerprint density at radius 2 is 1.12 bits per heavy atom. The van der Waals surface area contributed by atoms with E-state index >= 15 is 0 Å². The van der Waals surface area contributed by atoms with Crippen molar-refractivity contribution >= 4 is 98.5 Å². The molecule has 9 aromatic carbocycles. The van der Waals surface area contributed by atoms with Crippen LogP contribution >= 0.6 is 11.3 Å². The van der Waals surface area contributed by atoms with Crippen molar-refractivity contribution in [2.24, 2.45) is 4.99 Å². The lowest BCUT2D eigenvalue weighted by molar-refractivity contribution is 0.669. The average Bonchev–Trinajstić information content (AvgIpc) is 4.12. The molecule has 1 aliphatic heterocycles. The molecule has 64 heavy (non-hydrogen) atoms. The number of fused-ring (bicyclic) bond motifs is 13. The first-order valence-electron chi connectivity index (χ1n) is 21.7. The first-order valence-corrected chi connectivity index (χ1v) is 22.6. The third kappa shape index (κ3) is 5.14.